The average Bonchev–Trinajstić information content (AvgIpc) is 2.67. The van der Waals surface area contributed by atoms with Crippen molar-refractivity contribution < 1.29 is 4.79 Å². The minimum Gasteiger partial charge on any atom is -0.342 e. The van der Waals surface area contributed by atoms with E-state index in [1.54, 1.807) is 0 Å². The van der Waals surface area contributed by atoms with Crippen molar-refractivity contribution in [3.05, 3.63) is 0 Å². The molecule has 1 saturated heterocycles. The van der Waals surface area contributed by atoms with Gasteiger partial charge < -0.3 is 5.32 Å². The van der Waals surface area contributed by atoms with Crippen molar-refractivity contribution in [1.82, 2.24) is 10.6 Å². The number of hydrogen-bond acceptors (Lipinski definition) is 2. The van der Waals surface area contributed by atoms with Gasteiger partial charge in [-0.3, -0.25) is 15.1 Å². The number of amides is 1. The highest BCUT2D eigenvalue weighted by molar-refractivity contribution is 6.09. The Balaban J connectivity index is 1.95. The predicted octanol–water partition coefficient (Wildman–Crippen LogP) is 2.45. The Morgan fingerprint density at radius 3 is 2.63 bits per heavy atom. The van der Waals surface area contributed by atoms with Crippen LogP contribution in [0.3, 0.4) is 0 Å². The Morgan fingerprint density at radius 1 is 1.37 bits per heavy atom. The molecule has 1 spiro atoms. The summed E-state index contributed by atoms with van der Waals surface area (Å²) >= 11 is 0. The first kappa shape index (κ1) is 14.4. The fourth-order valence-corrected chi connectivity index (χ4v) is 3.11. The minimum absolute atomic E-state index is 0.130. The Labute approximate surface area is 116 Å². The summed E-state index contributed by atoms with van der Waals surface area (Å²) in [6.45, 7) is 7.26. The van der Waals surface area contributed by atoms with Crippen molar-refractivity contribution >= 4 is 11.9 Å². The normalized spacial score (nSPS) is 32.9. The summed E-state index contributed by atoms with van der Waals surface area (Å²) in [6.07, 6.45) is 6.76. The van der Waals surface area contributed by atoms with E-state index in [-0.39, 0.29) is 11.4 Å². The fraction of sp³-hybridized carbons (Fsp3) is 0.867. The molecular weight excluding hydrogens is 238 g/mol. The smallest absolute Gasteiger partial charge is 0.252 e. The highest BCUT2D eigenvalue weighted by atomic mass is 16.2. The molecule has 4 nitrogen and oxygen atoms in total. The van der Waals surface area contributed by atoms with E-state index in [1.165, 1.54) is 12.8 Å². The summed E-state index contributed by atoms with van der Waals surface area (Å²) in [6, 6.07) is 0. The standard InChI is InChI=1S/C15H27N3O/c1-4-5-12-6-8-15(9-7-12)13(19)17-14(18-15)16-10-11(2)3/h11-12H,4-10H2,1-3H3,(H2,16,17,18,19). The van der Waals surface area contributed by atoms with Gasteiger partial charge in [0.25, 0.3) is 5.91 Å². The Bertz CT molecular complexity index is 354. The number of hydrogen-bond donors (Lipinski definition) is 2. The second kappa shape index (κ2) is 5.93. The van der Waals surface area contributed by atoms with E-state index < -0.39 is 0 Å². The molecule has 0 bridgehead atoms. The number of rotatable bonds is 4. The predicted molar refractivity (Wildman–Crippen MR) is 78.0 cm³/mol. The van der Waals surface area contributed by atoms with Gasteiger partial charge in [0.15, 0.2) is 5.96 Å². The van der Waals surface area contributed by atoms with Crippen LogP contribution in [0.4, 0.5) is 0 Å². The first-order valence-electron chi connectivity index (χ1n) is 7.70. The van der Waals surface area contributed by atoms with Crippen LogP contribution in [0.2, 0.25) is 0 Å². The zero-order chi connectivity index (χ0) is 13.9. The number of aliphatic imine (C=N–C) groups is 1. The topological polar surface area (TPSA) is 53.5 Å². The third kappa shape index (κ3) is 3.28. The molecule has 1 heterocycles. The first-order chi connectivity index (χ1) is 9.05. The number of carbonyl (C=O) groups excluding carboxylic acids is 1. The molecule has 1 saturated carbocycles. The van der Waals surface area contributed by atoms with E-state index in [0.717, 1.165) is 38.1 Å². The van der Waals surface area contributed by atoms with E-state index in [9.17, 15) is 4.79 Å². The number of guanidine groups is 1. The Kier molecular flexibility index (Phi) is 4.48. The van der Waals surface area contributed by atoms with Crippen LogP contribution in [0.1, 0.15) is 59.3 Å². The molecule has 108 valence electrons. The molecule has 4 heteroatoms. The van der Waals surface area contributed by atoms with Crippen molar-refractivity contribution in [3.8, 4) is 0 Å². The maximum Gasteiger partial charge on any atom is 0.252 e. The molecular formula is C15H27N3O. The van der Waals surface area contributed by atoms with Gasteiger partial charge in [-0.05, 0) is 37.5 Å². The van der Waals surface area contributed by atoms with Crippen LogP contribution >= 0.6 is 0 Å². The van der Waals surface area contributed by atoms with Crippen LogP contribution in [0, 0.1) is 11.8 Å². The lowest BCUT2D eigenvalue weighted by Crippen LogP contribution is -2.49. The Hall–Kier alpha value is -1.06. The van der Waals surface area contributed by atoms with E-state index in [2.05, 4.69) is 36.4 Å². The number of nitrogens with one attached hydrogen (secondary N) is 2. The molecule has 0 atom stereocenters. The summed E-state index contributed by atoms with van der Waals surface area (Å²) in [7, 11) is 0. The van der Waals surface area contributed by atoms with Crippen LogP contribution in [0.5, 0.6) is 0 Å². The molecule has 1 aliphatic carbocycles. The zero-order valence-corrected chi connectivity index (χ0v) is 12.5. The van der Waals surface area contributed by atoms with Crippen molar-refractivity contribution in [2.24, 2.45) is 16.8 Å². The van der Waals surface area contributed by atoms with Gasteiger partial charge in [-0.1, -0.05) is 33.6 Å². The van der Waals surface area contributed by atoms with E-state index >= 15 is 0 Å². The van der Waals surface area contributed by atoms with Crippen LogP contribution in [-0.4, -0.2) is 24.0 Å². The molecule has 0 aromatic carbocycles. The summed E-state index contributed by atoms with van der Waals surface area (Å²) in [5.74, 6) is 2.14. The molecule has 2 rings (SSSR count). The molecule has 0 unspecified atom stereocenters. The monoisotopic (exact) mass is 265 g/mol. The summed E-state index contributed by atoms with van der Waals surface area (Å²) < 4.78 is 0. The molecule has 2 fully saturated rings. The molecule has 1 aliphatic heterocycles. The molecule has 2 N–H and O–H groups in total. The molecule has 0 aromatic heterocycles. The average molecular weight is 265 g/mol. The fourth-order valence-electron chi connectivity index (χ4n) is 3.11. The minimum atomic E-state index is -0.361. The van der Waals surface area contributed by atoms with Crippen LogP contribution in [-0.2, 0) is 4.79 Å². The van der Waals surface area contributed by atoms with Crippen LogP contribution < -0.4 is 10.6 Å². The third-order valence-corrected chi connectivity index (χ3v) is 4.29. The number of carbonyl (C=O) groups is 1. The van der Waals surface area contributed by atoms with Crippen molar-refractivity contribution in [1.29, 1.82) is 0 Å². The molecule has 2 aliphatic rings. The van der Waals surface area contributed by atoms with Crippen molar-refractivity contribution in [2.45, 2.75) is 64.8 Å². The van der Waals surface area contributed by atoms with Crippen molar-refractivity contribution in [3.63, 3.8) is 0 Å². The van der Waals surface area contributed by atoms with Gasteiger partial charge in [-0.25, -0.2) is 0 Å². The SMILES string of the molecule is CCCC1CCC2(CC1)NC(=NCC(C)C)NC2=O. The van der Waals surface area contributed by atoms with Gasteiger partial charge >= 0.3 is 0 Å². The van der Waals surface area contributed by atoms with Gasteiger partial charge in [0.05, 0.1) is 0 Å². The van der Waals surface area contributed by atoms with Gasteiger partial charge in [0.2, 0.25) is 0 Å². The largest absolute Gasteiger partial charge is 0.342 e. The maximum atomic E-state index is 12.2. The highest BCUT2D eigenvalue weighted by Gasteiger charge is 2.46. The first-order valence-corrected chi connectivity index (χ1v) is 7.70. The summed E-state index contributed by atoms with van der Waals surface area (Å²) in [5.41, 5.74) is -0.361. The zero-order valence-electron chi connectivity index (χ0n) is 12.5. The van der Waals surface area contributed by atoms with E-state index in [4.69, 9.17) is 0 Å². The third-order valence-electron chi connectivity index (χ3n) is 4.29. The molecule has 1 amide bonds. The lowest BCUT2D eigenvalue weighted by molar-refractivity contribution is -0.125. The van der Waals surface area contributed by atoms with Gasteiger partial charge in [-0.2, -0.15) is 0 Å². The number of nitrogens with zero attached hydrogens (tertiary/aromatic N) is 1. The molecule has 0 aromatic rings. The lowest BCUT2D eigenvalue weighted by atomic mass is 9.75. The van der Waals surface area contributed by atoms with Crippen LogP contribution in [0.15, 0.2) is 4.99 Å². The van der Waals surface area contributed by atoms with Crippen LogP contribution in [0.25, 0.3) is 0 Å². The van der Waals surface area contributed by atoms with E-state index in [0.29, 0.717) is 11.9 Å². The second-order valence-electron chi connectivity index (χ2n) is 6.48. The summed E-state index contributed by atoms with van der Waals surface area (Å²) in [4.78, 5) is 16.7. The Morgan fingerprint density at radius 2 is 2.05 bits per heavy atom. The molecule has 19 heavy (non-hydrogen) atoms. The van der Waals surface area contributed by atoms with E-state index in [1.807, 2.05) is 0 Å². The maximum absolute atomic E-state index is 12.2. The van der Waals surface area contributed by atoms with Crippen molar-refractivity contribution in [2.75, 3.05) is 6.54 Å². The van der Waals surface area contributed by atoms with Gasteiger partial charge in [0.1, 0.15) is 5.54 Å². The highest BCUT2D eigenvalue weighted by Crippen LogP contribution is 2.36. The van der Waals surface area contributed by atoms with Gasteiger partial charge in [-0.15, -0.1) is 0 Å². The quantitative estimate of drug-likeness (QED) is 0.820. The summed E-state index contributed by atoms with van der Waals surface area (Å²) in [5, 5.41) is 6.28. The molecule has 0 radical (unpaired) electrons. The lowest BCUT2D eigenvalue weighted by Gasteiger charge is -2.34. The van der Waals surface area contributed by atoms with Gasteiger partial charge in [0, 0.05) is 6.54 Å². The second-order valence-corrected chi connectivity index (χ2v) is 6.48.